The molecular formula is C7H8N4S2. The predicted molar refractivity (Wildman–Crippen MR) is 58.2 cm³/mol. The zero-order chi connectivity index (χ0) is 8.84. The molecule has 0 unspecified atom stereocenters. The van der Waals surface area contributed by atoms with E-state index in [-0.39, 0.29) is 0 Å². The molecule has 3 rings (SSSR count). The number of guanidine groups is 1. The van der Waals surface area contributed by atoms with Crippen LogP contribution in [0.4, 0.5) is 0 Å². The van der Waals surface area contributed by atoms with E-state index >= 15 is 0 Å². The topological polar surface area (TPSA) is 31.2 Å². The SMILES string of the molecule is S=C1SC2=NCCN2C2=NCCN12. The molecule has 1 fully saturated rings. The molecule has 0 aliphatic carbocycles. The van der Waals surface area contributed by atoms with Crippen LogP contribution >= 0.6 is 24.0 Å². The van der Waals surface area contributed by atoms with E-state index in [2.05, 4.69) is 19.8 Å². The van der Waals surface area contributed by atoms with Crippen molar-refractivity contribution in [1.29, 1.82) is 0 Å². The molecule has 3 aliphatic rings. The fourth-order valence-electron chi connectivity index (χ4n) is 1.67. The molecule has 0 bridgehead atoms. The van der Waals surface area contributed by atoms with Gasteiger partial charge in [0.2, 0.25) is 5.96 Å². The van der Waals surface area contributed by atoms with E-state index in [1.54, 1.807) is 11.8 Å². The molecule has 0 amide bonds. The molecule has 0 saturated carbocycles. The number of hydrogen-bond acceptors (Lipinski definition) is 5. The van der Waals surface area contributed by atoms with Crippen LogP contribution in [0.5, 0.6) is 0 Å². The summed E-state index contributed by atoms with van der Waals surface area (Å²) in [5, 5.41) is 1.03. The van der Waals surface area contributed by atoms with Crippen LogP contribution in [0.3, 0.4) is 0 Å². The van der Waals surface area contributed by atoms with Gasteiger partial charge >= 0.3 is 0 Å². The van der Waals surface area contributed by atoms with Gasteiger partial charge in [0, 0.05) is 13.1 Å². The minimum absolute atomic E-state index is 0.861. The van der Waals surface area contributed by atoms with Gasteiger partial charge in [-0.05, 0) is 11.8 Å². The van der Waals surface area contributed by atoms with Crippen molar-refractivity contribution < 1.29 is 0 Å². The van der Waals surface area contributed by atoms with Crippen molar-refractivity contribution in [2.75, 3.05) is 26.2 Å². The molecule has 0 aromatic heterocycles. The number of thioether (sulfide) groups is 1. The minimum Gasteiger partial charge on any atom is -0.295 e. The Bertz CT molecular complexity index is 335. The van der Waals surface area contributed by atoms with Gasteiger partial charge in [-0.2, -0.15) is 0 Å². The molecule has 0 radical (unpaired) electrons. The standard InChI is InChI=1S/C7H8N4S2/c12-7-11-4-1-8-5(11)10-3-2-9-6(10)13-7/h1-4H2. The van der Waals surface area contributed by atoms with E-state index in [1.807, 2.05) is 0 Å². The van der Waals surface area contributed by atoms with Gasteiger partial charge in [-0.15, -0.1) is 0 Å². The Hall–Kier alpha value is -0.620. The second kappa shape index (κ2) is 2.68. The maximum atomic E-state index is 5.27. The van der Waals surface area contributed by atoms with Crippen molar-refractivity contribution in [2.24, 2.45) is 9.98 Å². The van der Waals surface area contributed by atoms with Crippen LogP contribution in [0.25, 0.3) is 0 Å². The molecule has 6 heteroatoms. The first-order valence-electron chi connectivity index (χ1n) is 4.22. The number of amidine groups is 1. The molecule has 4 nitrogen and oxygen atoms in total. The molecule has 0 atom stereocenters. The molecule has 0 N–H and O–H groups in total. The van der Waals surface area contributed by atoms with Crippen molar-refractivity contribution in [2.45, 2.75) is 0 Å². The van der Waals surface area contributed by atoms with Crippen molar-refractivity contribution >= 4 is 39.4 Å². The summed E-state index contributed by atoms with van der Waals surface area (Å²) in [5.41, 5.74) is 0. The molecule has 68 valence electrons. The Morgan fingerprint density at radius 3 is 2.85 bits per heavy atom. The van der Waals surface area contributed by atoms with Crippen molar-refractivity contribution in [3.8, 4) is 0 Å². The average Bonchev–Trinajstić information content (AvgIpc) is 2.66. The van der Waals surface area contributed by atoms with Gasteiger partial charge in [-0.3, -0.25) is 19.8 Å². The Balaban J connectivity index is 2.02. The van der Waals surface area contributed by atoms with Crippen LogP contribution in [-0.4, -0.2) is 51.4 Å². The predicted octanol–water partition coefficient (Wildman–Crippen LogP) is 0.361. The lowest BCUT2D eigenvalue weighted by Gasteiger charge is -2.32. The summed E-state index contributed by atoms with van der Waals surface area (Å²) in [6.07, 6.45) is 0. The Morgan fingerprint density at radius 1 is 1.15 bits per heavy atom. The molecular weight excluding hydrogens is 204 g/mol. The number of thiocarbonyl (C=S) groups is 1. The van der Waals surface area contributed by atoms with E-state index < -0.39 is 0 Å². The second-order valence-electron chi connectivity index (χ2n) is 3.02. The maximum Gasteiger partial charge on any atom is 0.208 e. The second-order valence-corrected chi connectivity index (χ2v) is 4.62. The lowest BCUT2D eigenvalue weighted by molar-refractivity contribution is 0.565. The van der Waals surface area contributed by atoms with E-state index in [9.17, 15) is 0 Å². The molecule has 0 spiro atoms. The van der Waals surface area contributed by atoms with Crippen LogP contribution in [0, 0.1) is 0 Å². The summed E-state index contributed by atoms with van der Waals surface area (Å²) in [6, 6.07) is 0. The number of hydrogen-bond donors (Lipinski definition) is 0. The molecule has 13 heavy (non-hydrogen) atoms. The van der Waals surface area contributed by atoms with Gasteiger partial charge in [-0.1, -0.05) is 12.2 Å². The van der Waals surface area contributed by atoms with E-state index in [4.69, 9.17) is 12.2 Å². The summed E-state index contributed by atoms with van der Waals surface area (Å²) in [4.78, 5) is 13.1. The fourth-order valence-corrected chi connectivity index (χ4v) is 2.95. The van der Waals surface area contributed by atoms with Gasteiger partial charge in [0.05, 0.1) is 13.1 Å². The highest BCUT2D eigenvalue weighted by Gasteiger charge is 2.37. The number of fused-ring (bicyclic) bond motifs is 3. The normalized spacial score (nSPS) is 25.7. The average molecular weight is 212 g/mol. The van der Waals surface area contributed by atoms with Crippen LogP contribution in [0.15, 0.2) is 9.98 Å². The zero-order valence-corrected chi connectivity index (χ0v) is 8.57. The van der Waals surface area contributed by atoms with Crippen LogP contribution in [0.1, 0.15) is 0 Å². The van der Waals surface area contributed by atoms with Gasteiger partial charge in [0.25, 0.3) is 0 Å². The zero-order valence-electron chi connectivity index (χ0n) is 6.93. The van der Waals surface area contributed by atoms with E-state index in [1.165, 1.54) is 0 Å². The summed E-state index contributed by atoms with van der Waals surface area (Å²) in [6.45, 7) is 3.63. The Labute approximate surface area is 85.7 Å². The maximum absolute atomic E-state index is 5.27. The minimum atomic E-state index is 0.861. The molecule has 3 aliphatic heterocycles. The summed E-state index contributed by atoms with van der Waals surface area (Å²) in [5.74, 6) is 1.01. The molecule has 0 aromatic rings. The number of rotatable bonds is 0. The van der Waals surface area contributed by atoms with E-state index in [0.29, 0.717) is 0 Å². The highest BCUT2D eigenvalue weighted by Crippen LogP contribution is 2.27. The summed E-state index contributed by atoms with van der Waals surface area (Å²) < 4.78 is 0.896. The highest BCUT2D eigenvalue weighted by atomic mass is 32.2. The first kappa shape index (κ1) is 7.75. The van der Waals surface area contributed by atoms with Crippen LogP contribution in [0.2, 0.25) is 0 Å². The Morgan fingerprint density at radius 2 is 1.92 bits per heavy atom. The molecule has 1 saturated heterocycles. The highest BCUT2D eigenvalue weighted by molar-refractivity contribution is 8.33. The van der Waals surface area contributed by atoms with Gasteiger partial charge in [0.15, 0.2) is 9.49 Å². The summed E-state index contributed by atoms with van der Waals surface area (Å²) in [7, 11) is 0. The van der Waals surface area contributed by atoms with Gasteiger partial charge < -0.3 is 0 Å². The van der Waals surface area contributed by atoms with Gasteiger partial charge in [0.1, 0.15) is 0 Å². The first-order chi connectivity index (χ1) is 6.36. The first-order valence-corrected chi connectivity index (χ1v) is 5.44. The third-order valence-electron chi connectivity index (χ3n) is 2.26. The van der Waals surface area contributed by atoms with Crippen LogP contribution in [-0.2, 0) is 0 Å². The Kier molecular flexibility index (Phi) is 1.60. The smallest absolute Gasteiger partial charge is 0.208 e. The molecule has 3 heterocycles. The van der Waals surface area contributed by atoms with Crippen molar-refractivity contribution in [3.63, 3.8) is 0 Å². The lowest BCUT2D eigenvalue weighted by atomic mass is 10.6. The fraction of sp³-hybridized carbons (Fsp3) is 0.571. The third kappa shape index (κ3) is 1.02. The van der Waals surface area contributed by atoms with Crippen LogP contribution < -0.4 is 0 Å². The number of nitrogens with zero attached hydrogens (tertiary/aromatic N) is 4. The number of aliphatic imine (C=N–C) groups is 2. The monoisotopic (exact) mass is 212 g/mol. The van der Waals surface area contributed by atoms with Crippen molar-refractivity contribution in [1.82, 2.24) is 9.80 Å². The molecule has 0 aromatic carbocycles. The lowest BCUT2D eigenvalue weighted by Crippen LogP contribution is -2.49. The summed E-state index contributed by atoms with van der Waals surface area (Å²) >= 11 is 6.85. The van der Waals surface area contributed by atoms with Gasteiger partial charge in [-0.25, -0.2) is 0 Å². The van der Waals surface area contributed by atoms with Crippen molar-refractivity contribution in [3.05, 3.63) is 0 Å². The third-order valence-corrected chi connectivity index (χ3v) is 3.66. The van der Waals surface area contributed by atoms with E-state index in [0.717, 1.165) is 41.6 Å². The largest absolute Gasteiger partial charge is 0.295 e. The quantitative estimate of drug-likeness (QED) is 0.543.